The Hall–Kier alpha value is -6.43. The van der Waals surface area contributed by atoms with Crippen molar-refractivity contribution in [2.75, 3.05) is 35.5 Å². The fourth-order valence-corrected chi connectivity index (χ4v) is 7.23. The van der Waals surface area contributed by atoms with Crippen molar-refractivity contribution < 1.29 is 38.2 Å². The summed E-state index contributed by atoms with van der Waals surface area (Å²) in [7, 11) is 2.97. The number of ketones is 2. The Kier molecular flexibility index (Phi) is 18.3. The Labute approximate surface area is 409 Å². The number of anilines is 4. The van der Waals surface area contributed by atoms with Gasteiger partial charge >= 0.3 is 0 Å². The molecular weight excluding hydrogens is 970 g/mol. The second-order valence-corrected chi connectivity index (χ2v) is 16.5. The highest BCUT2D eigenvalue weighted by Gasteiger charge is 2.27. The highest BCUT2D eigenvalue weighted by Crippen LogP contribution is 2.32. The van der Waals surface area contributed by atoms with Crippen LogP contribution in [-0.2, 0) is 30.9 Å². The zero-order valence-corrected chi connectivity index (χ0v) is 40.0. The van der Waals surface area contributed by atoms with Gasteiger partial charge in [0.1, 0.15) is 11.5 Å². The molecule has 4 N–H and O–H groups in total. The lowest BCUT2D eigenvalue weighted by Gasteiger charge is -2.17. The average molecular weight is 1010 g/mol. The summed E-state index contributed by atoms with van der Waals surface area (Å²) in [5.74, 6) is -2.90. The molecule has 0 bridgehead atoms. The maximum atomic E-state index is 13.5. The van der Waals surface area contributed by atoms with Crippen LogP contribution in [0.4, 0.5) is 34.1 Å². The van der Waals surface area contributed by atoms with Crippen LogP contribution < -0.4 is 30.7 Å². The number of rotatable bonds is 19. The third-order valence-electron chi connectivity index (χ3n) is 9.56. The lowest BCUT2D eigenvalue weighted by molar-refractivity contribution is -0.127. The minimum atomic E-state index is -1.64. The van der Waals surface area contributed by atoms with E-state index in [-0.39, 0.29) is 55.7 Å². The molecule has 0 radical (unpaired) electrons. The molecule has 0 spiro atoms. The molecule has 4 amide bonds. The molecule has 0 aromatic heterocycles. The van der Waals surface area contributed by atoms with Crippen molar-refractivity contribution in [2.24, 2.45) is 20.5 Å². The van der Waals surface area contributed by atoms with Gasteiger partial charge in [-0.1, -0.05) is 35.3 Å². The number of nitrogens with one attached hydrogen (secondary N) is 4. The fraction of sp³-hybridized carbons (Fsp3) is 0.217. The highest BCUT2D eigenvalue weighted by molar-refractivity contribution is 6.32. The summed E-state index contributed by atoms with van der Waals surface area (Å²) < 4.78 is 10.5. The minimum absolute atomic E-state index is 0.0743. The van der Waals surface area contributed by atoms with Gasteiger partial charge in [0.05, 0.1) is 31.0 Å². The quantitative estimate of drug-likeness (QED) is 0.0353. The Morgan fingerprint density at radius 2 is 1.01 bits per heavy atom. The third kappa shape index (κ3) is 14.0. The van der Waals surface area contributed by atoms with E-state index in [0.717, 1.165) is 13.8 Å². The smallest absolute Gasteiger partial charge is 0.258 e. The van der Waals surface area contributed by atoms with E-state index in [2.05, 4.69) is 41.7 Å². The monoisotopic (exact) mass is 1010 g/mol. The zero-order valence-electron chi connectivity index (χ0n) is 36.3. The fourth-order valence-electron chi connectivity index (χ4n) is 6.13. The molecular formula is C46H41Cl5N8O8. The molecule has 0 aliphatic carbocycles. The van der Waals surface area contributed by atoms with Crippen LogP contribution in [0.3, 0.4) is 0 Å². The van der Waals surface area contributed by atoms with Crippen molar-refractivity contribution in [2.45, 2.75) is 50.0 Å². The Morgan fingerprint density at radius 3 is 1.42 bits per heavy atom. The number of nitrogens with zero attached hydrogens (tertiary/aromatic N) is 4. The first-order valence-corrected chi connectivity index (χ1v) is 22.1. The molecule has 0 saturated heterocycles. The lowest BCUT2D eigenvalue weighted by atomic mass is 10.1. The van der Waals surface area contributed by atoms with Gasteiger partial charge in [-0.25, -0.2) is 0 Å². The summed E-state index contributed by atoms with van der Waals surface area (Å²) in [6.07, 6.45) is 0. The second-order valence-electron chi connectivity index (χ2n) is 14.5. The summed E-state index contributed by atoms with van der Waals surface area (Å²) in [6, 6.07) is 19.5. The summed E-state index contributed by atoms with van der Waals surface area (Å²) in [5, 5.41) is 26.4. The standard InChI is InChI=1S/C46H41Cl5N8O8/c1-23(49)37-18-32(52-45(64)41(24(2)60)58-56-33-14-28(12-30(50)16-33)43(62)54-39-19-35(66-4)9-6-26(39)21-47)8-11-38(37)53-46(65)42(25(3)61)59-57-34-15-29(13-31(51)17-34)44(63)55-40-20-36(67-5)10-7-27(40)22-48/h6-20,23,41-42H,21-22H2,1-5H3,(H,52,64)(H,53,65)(H,54,62)(H,55,63). The maximum absolute atomic E-state index is 13.5. The number of methoxy groups -OCH3 is 2. The van der Waals surface area contributed by atoms with Crippen molar-refractivity contribution in [1.29, 1.82) is 0 Å². The molecule has 5 rings (SSSR count). The van der Waals surface area contributed by atoms with Crippen LogP contribution in [0.15, 0.2) is 111 Å². The van der Waals surface area contributed by atoms with Crippen molar-refractivity contribution in [1.82, 2.24) is 0 Å². The first kappa shape index (κ1) is 51.6. The SMILES string of the molecule is COc1ccc(CCl)c(NC(=O)c2cc(Cl)cc(N=NC(C(C)=O)C(=O)Nc3ccc(NC(=O)C(N=Nc4cc(Cl)cc(C(=O)Nc5cc(OC)ccc5CCl)c4)C(C)=O)c(C(C)Cl)c3)c2)c1. The zero-order chi connectivity index (χ0) is 48.9. The summed E-state index contributed by atoms with van der Waals surface area (Å²) in [5.41, 5.74) is 3.15. The number of hydrogen-bond acceptors (Lipinski definition) is 12. The summed E-state index contributed by atoms with van der Waals surface area (Å²) in [4.78, 5) is 78.8. The first-order valence-electron chi connectivity index (χ1n) is 19.8. The van der Waals surface area contributed by atoms with Crippen molar-refractivity contribution in [3.05, 3.63) is 129 Å². The molecule has 348 valence electrons. The van der Waals surface area contributed by atoms with E-state index in [4.69, 9.17) is 67.5 Å². The van der Waals surface area contributed by atoms with E-state index < -0.39 is 52.7 Å². The number of azo groups is 2. The largest absolute Gasteiger partial charge is 0.497 e. The molecule has 5 aromatic rings. The van der Waals surface area contributed by atoms with E-state index in [1.54, 1.807) is 43.3 Å². The van der Waals surface area contributed by atoms with Gasteiger partial charge in [-0.15, -0.1) is 34.8 Å². The Balaban J connectivity index is 1.29. The van der Waals surface area contributed by atoms with E-state index >= 15 is 0 Å². The van der Waals surface area contributed by atoms with Gasteiger partial charge in [-0.3, -0.25) is 28.8 Å². The van der Waals surface area contributed by atoms with Gasteiger partial charge < -0.3 is 30.7 Å². The number of halogens is 5. The van der Waals surface area contributed by atoms with Crippen LogP contribution in [0.1, 0.15) is 63.6 Å². The van der Waals surface area contributed by atoms with Crippen molar-refractivity contribution in [3.63, 3.8) is 0 Å². The molecule has 21 heteroatoms. The van der Waals surface area contributed by atoms with Crippen LogP contribution in [-0.4, -0.2) is 61.5 Å². The minimum Gasteiger partial charge on any atom is -0.497 e. The van der Waals surface area contributed by atoms with Gasteiger partial charge in [-0.05, 0) is 104 Å². The lowest BCUT2D eigenvalue weighted by Crippen LogP contribution is -2.32. The van der Waals surface area contributed by atoms with Crippen molar-refractivity contribution >= 4 is 127 Å². The van der Waals surface area contributed by atoms with E-state index in [0.29, 0.717) is 39.6 Å². The van der Waals surface area contributed by atoms with Crippen LogP contribution in [0.5, 0.6) is 11.5 Å². The number of carbonyl (C=O) groups is 6. The molecule has 0 aliphatic heterocycles. The molecule has 16 nitrogen and oxygen atoms in total. The maximum Gasteiger partial charge on any atom is 0.258 e. The predicted octanol–water partition coefficient (Wildman–Crippen LogP) is 11.7. The third-order valence-corrected chi connectivity index (χ3v) is 10.8. The highest BCUT2D eigenvalue weighted by atomic mass is 35.5. The number of amides is 4. The van der Waals surface area contributed by atoms with Crippen LogP contribution in [0.25, 0.3) is 0 Å². The normalized spacial score (nSPS) is 12.5. The van der Waals surface area contributed by atoms with Gasteiger partial charge in [-0.2, -0.15) is 20.5 Å². The number of ether oxygens (including phenoxy) is 2. The number of alkyl halides is 3. The van der Waals surface area contributed by atoms with E-state index in [1.807, 2.05) is 0 Å². The Morgan fingerprint density at radius 1 is 0.567 bits per heavy atom. The molecule has 5 aromatic carbocycles. The molecule has 67 heavy (non-hydrogen) atoms. The topological polar surface area (TPSA) is 218 Å². The van der Waals surface area contributed by atoms with Gasteiger partial charge in [0, 0.05) is 67.8 Å². The number of carbonyl (C=O) groups excluding carboxylic acids is 6. The molecule has 3 atom stereocenters. The molecule has 0 heterocycles. The molecule has 0 fully saturated rings. The molecule has 0 saturated carbocycles. The van der Waals surface area contributed by atoms with Gasteiger partial charge in [0.25, 0.3) is 23.6 Å². The number of Topliss-reactive ketones (excluding diaryl/α,β-unsaturated/α-hetero) is 2. The summed E-state index contributed by atoms with van der Waals surface area (Å²) in [6.45, 7) is 3.91. The van der Waals surface area contributed by atoms with Crippen molar-refractivity contribution in [3.8, 4) is 11.5 Å². The second kappa shape index (κ2) is 23.8. The summed E-state index contributed by atoms with van der Waals surface area (Å²) >= 11 is 31.2. The average Bonchev–Trinajstić information content (AvgIpc) is 3.28. The number of hydrogen-bond donors (Lipinski definition) is 4. The van der Waals surface area contributed by atoms with E-state index in [1.165, 1.54) is 68.8 Å². The number of benzene rings is 5. The predicted molar refractivity (Wildman–Crippen MR) is 260 cm³/mol. The van der Waals surface area contributed by atoms with Gasteiger partial charge in [0.2, 0.25) is 12.1 Å². The van der Waals surface area contributed by atoms with Crippen LogP contribution in [0, 0.1) is 0 Å². The van der Waals surface area contributed by atoms with E-state index in [9.17, 15) is 28.8 Å². The molecule has 3 unspecified atom stereocenters. The first-order chi connectivity index (χ1) is 31.9. The van der Waals surface area contributed by atoms with Crippen LogP contribution >= 0.6 is 58.0 Å². The molecule has 0 aliphatic rings. The van der Waals surface area contributed by atoms with Gasteiger partial charge in [0.15, 0.2) is 11.6 Å². The van der Waals surface area contributed by atoms with Crippen LogP contribution in [0.2, 0.25) is 10.0 Å². The Bertz CT molecular complexity index is 2790.